The number of hydrogen-bond donors (Lipinski definition) is 1. The van der Waals surface area contributed by atoms with E-state index < -0.39 is 0 Å². The molecule has 0 spiro atoms. The van der Waals surface area contributed by atoms with E-state index in [1.54, 1.807) is 0 Å². The number of aliphatic hydroxyl groups excluding tert-OH is 1. The molecule has 0 aromatic heterocycles. The molecule has 1 unspecified atom stereocenters. The predicted octanol–water partition coefficient (Wildman–Crippen LogP) is 3.18. The average Bonchev–Trinajstić information content (AvgIpc) is 2.41. The molecule has 0 radical (unpaired) electrons. The molecule has 4 heteroatoms. The van der Waals surface area contributed by atoms with Gasteiger partial charge in [0.05, 0.1) is 0 Å². The minimum Gasteiger partial charge on any atom is -0.504 e. The molecule has 4 nitrogen and oxygen atoms in total. The smallest absolute Gasteiger partial charge is 0.158 e. The van der Waals surface area contributed by atoms with Crippen molar-refractivity contribution in [1.29, 1.82) is 0 Å². The summed E-state index contributed by atoms with van der Waals surface area (Å²) in [6.45, 7) is 3.16. The van der Waals surface area contributed by atoms with Crippen molar-refractivity contribution >= 4 is 0 Å². The fourth-order valence-electron chi connectivity index (χ4n) is 1.96. The van der Waals surface area contributed by atoms with Crippen LogP contribution in [0, 0.1) is 0 Å². The number of hydrogen-bond acceptors (Lipinski definition) is 4. The van der Waals surface area contributed by atoms with Crippen LogP contribution in [0.2, 0.25) is 0 Å². The lowest BCUT2D eigenvalue weighted by atomic mass is 10.1. The highest BCUT2D eigenvalue weighted by Crippen LogP contribution is 2.21. The Hall–Kier alpha value is -1.26. The van der Waals surface area contributed by atoms with Crippen molar-refractivity contribution in [1.82, 2.24) is 0 Å². The fraction of sp³-hybridized carbons (Fsp3) is 0.571. The molecule has 0 amide bonds. The molecule has 1 atom stereocenters. The molecule has 18 heavy (non-hydrogen) atoms. The van der Waals surface area contributed by atoms with E-state index >= 15 is 0 Å². The summed E-state index contributed by atoms with van der Waals surface area (Å²) < 4.78 is 16.4. The summed E-state index contributed by atoms with van der Waals surface area (Å²) in [6, 6.07) is 0. The zero-order valence-electron chi connectivity index (χ0n) is 10.7. The second kappa shape index (κ2) is 6.61. The number of ether oxygens (including phenoxy) is 3. The molecule has 0 aromatic rings. The lowest BCUT2D eigenvalue weighted by Crippen LogP contribution is -2.23. The number of rotatable bonds is 4. The van der Waals surface area contributed by atoms with Crippen LogP contribution in [0.4, 0.5) is 0 Å². The molecule has 2 rings (SSSR count). The monoisotopic (exact) mass is 252 g/mol. The fourth-order valence-corrected chi connectivity index (χ4v) is 1.96. The summed E-state index contributed by atoms with van der Waals surface area (Å²) >= 11 is 0. The van der Waals surface area contributed by atoms with Crippen LogP contribution in [0.1, 0.15) is 32.6 Å². The normalized spacial score (nSPS) is 26.5. The van der Waals surface area contributed by atoms with Gasteiger partial charge in [-0.05, 0) is 31.8 Å². The Morgan fingerprint density at radius 1 is 1.50 bits per heavy atom. The molecule has 2 aliphatic heterocycles. The van der Waals surface area contributed by atoms with Gasteiger partial charge >= 0.3 is 0 Å². The van der Waals surface area contributed by atoms with E-state index in [1.165, 1.54) is 6.26 Å². The van der Waals surface area contributed by atoms with Crippen LogP contribution in [-0.2, 0) is 14.2 Å². The van der Waals surface area contributed by atoms with Gasteiger partial charge in [-0.3, -0.25) is 0 Å². The zero-order valence-corrected chi connectivity index (χ0v) is 10.7. The first-order chi connectivity index (χ1) is 8.79. The Balaban J connectivity index is 1.86. The van der Waals surface area contributed by atoms with Crippen molar-refractivity contribution in [2.24, 2.45) is 0 Å². The van der Waals surface area contributed by atoms with Crippen LogP contribution in [0.3, 0.4) is 0 Å². The van der Waals surface area contributed by atoms with Crippen LogP contribution in [0.25, 0.3) is 0 Å². The summed E-state index contributed by atoms with van der Waals surface area (Å²) in [5.74, 6) is 0.858. The van der Waals surface area contributed by atoms with Gasteiger partial charge in [0.25, 0.3) is 0 Å². The highest BCUT2D eigenvalue weighted by molar-refractivity contribution is 5.38. The third-order valence-corrected chi connectivity index (χ3v) is 2.91. The van der Waals surface area contributed by atoms with Gasteiger partial charge in [0, 0.05) is 12.2 Å². The van der Waals surface area contributed by atoms with Gasteiger partial charge in [0.2, 0.25) is 0 Å². The maximum atomic E-state index is 9.59. The van der Waals surface area contributed by atoms with Crippen molar-refractivity contribution < 1.29 is 19.3 Å². The van der Waals surface area contributed by atoms with Gasteiger partial charge in [-0.25, -0.2) is 0 Å². The van der Waals surface area contributed by atoms with Crippen molar-refractivity contribution in [3.8, 4) is 0 Å². The number of aliphatic hydroxyl groups is 1. The largest absolute Gasteiger partial charge is 0.504 e. The first kappa shape index (κ1) is 13.2. The Kier molecular flexibility index (Phi) is 4.84. The van der Waals surface area contributed by atoms with E-state index in [0.29, 0.717) is 12.4 Å². The molecule has 1 fully saturated rings. The van der Waals surface area contributed by atoms with Gasteiger partial charge in [-0.1, -0.05) is 13.0 Å². The molecule has 0 aliphatic carbocycles. The maximum absolute atomic E-state index is 9.59. The Morgan fingerprint density at radius 3 is 3.11 bits per heavy atom. The van der Waals surface area contributed by atoms with Crippen LogP contribution in [0.15, 0.2) is 35.5 Å². The summed E-state index contributed by atoms with van der Waals surface area (Å²) in [5.41, 5.74) is 0.784. The first-order valence-electron chi connectivity index (χ1n) is 6.49. The second-order valence-corrected chi connectivity index (χ2v) is 4.41. The van der Waals surface area contributed by atoms with E-state index in [1.807, 2.05) is 19.1 Å². The van der Waals surface area contributed by atoms with Gasteiger partial charge in [0.15, 0.2) is 12.0 Å². The molecule has 2 aliphatic rings. The second-order valence-electron chi connectivity index (χ2n) is 4.41. The molecule has 2 heterocycles. The molecule has 0 saturated carbocycles. The van der Waals surface area contributed by atoms with Crippen molar-refractivity contribution in [2.75, 3.05) is 13.2 Å². The average molecular weight is 252 g/mol. The predicted molar refractivity (Wildman–Crippen MR) is 67.8 cm³/mol. The Labute approximate surface area is 108 Å². The molecular weight excluding hydrogens is 232 g/mol. The molecule has 1 N–H and O–H groups in total. The third-order valence-electron chi connectivity index (χ3n) is 2.91. The zero-order chi connectivity index (χ0) is 12.8. The maximum Gasteiger partial charge on any atom is 0.158 e. The van der Waals surface area contributed by atoms with Crippen LogP contribution >= 0.6 is 0 Å². The van der Waals surface area contributed by atoms with Gasteiger partial charge in [-0.2, -0.15) is 0 Å². The summed E-state index contributed by atoms with van der Waals surface area (Å²) in [5, 5.41) is 9.59. The SMILES string of the molecule is CC/C=C1/C=C(COC2CCCCO2)OC=C1O. The van der Waals surface area contributed by atoms with E-state index in [0.717, 1.165) is 37.9 Å². The standard InChI is InChI=1S/C14H20O4/c1-2-5-11-8-12(17-10-13(11)15)9-18-14-6-3-4-7-16-14/h5,8,10,14-15H,2-4,6-7,9H2,1H3/b11-5-. The van der Waals surface area contributed by atoms with E-state index in [9.17, 15) is 5.11 Å². The number of allylic oxidation sites excluding steroid dienone is 2. The first-order valence-corrected chi connectivity index (χ1v) is 6.49. The van der Waals surface area contributed by atoms with Crippen molar-refractivity contribution in [2.45, 2.75) is 38.9 Å². The lowest BCUT2D eigenvalue weighted by Gasteiger charge is -2.23. The van der Waals surface area contributed by atoms with Gasteiger partial charge in [0.1, 0.15) is 18.6 Å². The molecule has 1 saturated heterocycles. The van der Waals surface area contributed by atoms with E-state index in [2.05, 4.69) is 0 Å². The Morgan fingerprint density at radius 2 is 2.39 bits per heavy atom. The molecule has 0 bridgehead atoms. The minimum absolute atomic E-state index is 0.124. The van der Waals surface area contributed by atoms with Crippen LogP contribution in [-0.4, -0.2) is 24.6 Å². The van der Waals surface area contributed by atoms with Crippen molar-refractivity contribution in [3.63, 3.8) is 0 Å². The minimum atomic E-state index is -0.124. The topological polar surface area (TPSA) is 47.9 Å². The quantitative estimate of drug-likeness (QED) is 0.834. The third kappa shape index (κ3) is 3.62. The highest BCUT2D eigenvalue weighted by Gasteiger charge is 2.16. The molecular formula is C14H20O4. The summed E-state index contributed by atoms with van der Waals surface area (Å²) in [4.78, 5) is 0. The van der Waals surface area contributed by atoms with Crippen LogP contribution < -0.4 is 0 Å². The van der Waals surface area contributed by atoms with Crippen molar-refractivity contribution in [3.05, 3.63) is 35.5 Å². The lowest BCUT2D eigenvalue weighted by molar-refractivity contribution is -0.160. The van der Waals surface area contributed by atoms with Crippen LogP contribution in [0.5, 0.6) is 0 Å². The van der Waals surface area contributed by atoms with Gasteiger partial charge < -0.3 is 19.3 Å². The van der Waals surface area contributed by atoms with E-state index in [-0.39, 0.29) is 12.0 Å². The molecule has 0 aromatic carbocycles. The highest BCUT2D eigenvalue weighted by atomic mass is 16.7. The van der Waals surface area contributed by atoms with Gasteiger partial charge in [-0.15, -0.1) is 0 Å². The Bertz CT molecular complexity index is 362. The van der Waals surface area contributed by atoms with E-state index in [4.69, 9.17) is 14.2 Å². The molecule has 100 valence electrons. The summed E-state index contributed by atoms with van der Waals surface area (Å²) in [6.07, 6.45) is 9.04. The summed E-state index contributed by atoms with van der Waals surface area (Å²) in [7, 11) is 0.